The van der Waals surface area contributed by atoms with E-state index in [-0.39, 0.29) is 132 Å². The summed E-state index contributed by atoms with van der Waals surface area (Å²) < 4.78 is 21.6. The maximum atomic E-state index is 13.2. The molecule has 0 unspecified atom stereocenters. The molecule has 0 spiro atoms. The third-order valence-electron chi connectivity index (χ3n) is 13.0. The molecule has 0 saturated heterocycles. The summed E-state index contributed by atoms with van der Waals surface area (Å²) in [5, 5.41) is 17.6. The van der Waals surface area contributed by atoms with Crippen LogP contribution in [0, 0.1) is 11.3 Å². The highest BCUT2D eigenvalue weighted by Gasteiger charge is 2.34. The lowest BCUT2D eigenvalue weighted by Crippen LogP contribution is -2.41. The highest BCUT2D eigenvalue weighted by molar-refractivity contribution is 5.94. The van der Waals surface area contributed by atoms with Crippen molar-refractivity contribution in [3.8, 4) is 0 Å². The minimum Gasteiger partial charge on any atom is -0.480 e. The predicted octanol–water partition coefficient (Wildman–Crippen LogP) is 6.86. The average Bonchev–Trinajstić information content (AvgIpc) is 3.87. The van der Waals surface area contributed by atoms with Crippen molar-refractivity contribution < 1.29 is 62.4 Å². The minimum absolute atomic E-state index is 0.0239. The van der Waals surface area contributed by atoms with Gasteiger partial charge in [-0.1, -0.05) is 117 Å². The van der Waals surface area contributed by atoms with E-state index in [1.807, 2.05) is 0 Å². The van der Waals surface area contributed by atoms with Gasteiger partial charge < -0.3 is 50.7 Å². The molecule has 0 aliphatic heterocycles. The summed E-state index contributed by atoms with van der Waals surface area (Å²) >= 11 is 0. The molecule has 0 bridgehead atoms. The van der Waals surface area contributed by atoms with E-state index in [4.69, 9.17) is 24.7 Å². The van der Waals surface area contributed by atoms with Crippen molar-refractivity contribution in [2.75, 3.05) is 65.9 Å². The number of nitrogens with zero attached hydrogens (tertiary/aromatic N) is 1. The van der Waals surface area contributed by atoms with Crippen LogP contribution in [0.5, 0.6) is 0 Å². The Morgan fingerprint density at radius 2 is 1.20 bits per heavy atom. The molecule has 0 fully saturated rings. The van der Waals surface area contributed by atoms with E-state index in [9.17, 15) is 43.5 Å². The number of nitrogens with one attached hydrogen (secondary N) is 4. The molecule has 1 rings (SSSR count). The number of carboxylic acid groups (broad SMARTS) is 1. The molecule has 19 nitrogen and oxygen atoms in total. The van der Waals surface area contributed by atoms with Gasteiger partial charge in [0.05, 0.1) is 45.4 Å². The zero-order valence-corrected chi connectivity index (χ0v) is 45.7. The largest absolute Gasteiger partial charge is 0.480 e. The number of aliphatic carboxylic acids is 1. The third-order valence-corrected chi connectivity index (χ3v) is 13.0. The molecule has 0 aromatic carbocycles. The number of nitrogens with two attached hydrogens (primary N) is 1. The van der Waals surface area contributed by atoms with E-state index in [0.717, 1.165) is 31.4 Å². The van der Waals surface area contributed by atoms with Crippen molar-refractivity contribution in [2.24, 2.45) is 17.1 Å². The summed E-state index contributed by atoms with van der Waals surface area (Å²) in [5.74, 6) is -3.14. The van der Waals surface area contributed by atoms with Crippen molar-refractivity contribution >= 4 is 46.8 Å². The van der Waals surface area contributed by atoms with Gasteiger partial charge in [0.1, 0.15) is 36.6 Å². The Kier molecular flexibility index (Phi) is 40.0. The molecule has 0 aliphatic carbocycles. The standard InChI is InChI=1S/C55H96N6O13/c1-5-6-7-8-9-10-11-12-13-14-15-16-17-18-19-25-51(66)61-48(54(69)70)27-26-46(63)24-22-30-71-32-34-73-41-53(68)59-29-31-72-33-35-74-40-52(67)58-28-21-20-23-44(43(2)62)36-50(65)55(3,4)38-49(64)47(56)37-45-39-57-42-60-45/h39,42,44,47-48H,5-38,40-41,56H2,1-4H3,(H,57,60)(H,58,67)(H,59,68)(H,61,66)(H,69,70)/t44-,47+,48+/m1/s1. The molecule has 0 saturated carbocycles. The van der Waals surface area contributed by atoms with Gasteiger partial charge in [-0.25, -0.2) is 9.78 Å². The lowest BCUT2D eigenvalue weighted by Gasteiger charge is -2.26. The van der Waals surface area contributed by atoms with E-state index in [1.54, 1.807) is 20.0 Å². The Bertz CT molecular complexity index is 1710. The highest BCUT2D eigenvalue weighted by Crippen LogP contribution is 2.28. The first-order valence-corrected chi connectivity index (χ1v) is 27.7. The molecule has 1 aromatic rings. The first kappa shape index (κ1) is 67.6. The summed E-state index contributed by atoms with van der Waals surface area (Å²) in [6, 6.07) is -1.86. The molecule has 1 heterocycles. The molecule has 3 amide bonds. The van der Waals surface area contributed by atoms with Crippen LogP contribution < -0.4 is 21.7 Å². The van der Waals surface area contributed by atoms with Gasteiger partial charge in [-0.2, -0.15) is 0 Å². The summed E-state index contributed by atoms with van der Waals surface area (Å²) in [4.78, 5) is 106. The fraction of sp³-hybridized carbons (Fsp3) is 0.800. The van der Waals surface area contributed by atoms with Crippen molar-refractivity contribution in [1.82, 2.24) is 25.9 Å². The van der Waals surface area contributed by atoms with Crippen LogP contribution in [-0.2, 0) is 63.7 Å². The van der Waals surface area contributed by atoms with Gasteiger partial charge in [-0.3, -0.25) is 33.6 Å². The molecule has 1 aromatic heterocycles. The lowest BCUT2D eigenvalue weighted by atomic mass is 9.77. The summed E-state index contributed by atoms with van der Waals surface area (Å²) in [6.45, 7) is 8.77. The third kappa shape index (κ3) is 37.3. The first-order chi connectivity index (χ1) is 35.5. The summed E-state index contributed by atoms with van der Waals surface area (Å²) in [6.07, 6.45) is 24.6. The first-order valence-electron chi connectivity index (χ1n) is 27.7. The molecule has 74 heavy (non-hydrogen) atoms. The van der Waals surface area contributed by atoms with Crippen LogP contribution >= 0.6 is 0 Å². The number of aromatic nitrogens is 2. The SMILES string of the molecule is CCCCCCCCCCCCCCCCCC(=O)N[C@@H](CCC(=O)CCCOCCOCC(=O)NCCOCCOCC(=O)NCCCC[C@H](CC(=O)C(C)(C)CC(=O)[C@@H](N)Cc1cnc[nH]1)C(C)=O)C(=O)O. The van der Waals surface area contributed by atoms with Crippen LogP contribution in [-0.4, -0.2) is 140 Å². The number of rotatable bonds is 52. The highest BCUT2D eigenvalue weighted by atomic mass is 16.5. The molecular weight excluding hydrogens is 953 g/mol. The fourth-order valence-electron chi connectivity index (χ4n) is 8.22. The topological polar surface area (TPSA) is 285 Å². The molecule has 7 N–H and O–H groups in total. The molecular formula is C55H96N6O13. The van der Waals surface area contributed by atoms with Crippen LogP contribution in [0.1, 0.15) is 194 Å². The number of amides is 3. The van der Waals surface area contributed by atoms with Gasteiger partial charge in [-0.05, 0) is 39.0 Å². The lowest BCUT2D eigenvalue weighted by molar-refractivity contribution is -0.142. The number of ketones is 4. The second-order valence-electron chi connectivity index (χ2n) is 20.2. The van der Waals surface area contributed by atoms with E-state index in [1.165, 1.54) is 83.9 Å². The van der Waals surface area contributed by atoms with E-state index >= 15 is 0 Å². The zero-order valence-electron chi connectivity index (χ0n) is 45.7. The predicted molar refractivity (Wildman–Crippen MR) is 283 cm³/mol. The Balaban J connectivity index is 1.99. The van der Waals surface area contributed by atoms with Crippen LogP contribution in [0.15, 0.2) is 12.5 Å². The second-order valence-corrected chi connectivity index (χ2v) is 20.2. The van der Waals surface area contributed by atoms with Gasteiger partial charge >= 0.3 is 5.97 Å². The van der Waals surface area contributed by atoms with Crippen LogP contribution in [0.4, 0.5) is 0 Å². The van der Waals surface area contributed by atoms with E-state index in [0.29, 0.717) is 45.3 Å². The van der Waals surface area contributed by atoms with Crippen molar-refractivity contribution in [2.45, 2.75) is 207 Å². The Labute approximate surface area is 441 Å². The van der Waals surface area contributed by atoms with Gasteiger partial charge in [0.25, 0.3) is 0 Å². The Morgan fingerprint density at radius 3 is 1.76 bits per heavy atom. The van der Waals surface area contributed by atoms with Gasteiger partial charge in [-0.15, -0.1) is 0 Å². The number of imidazole rings is 1. The van der Waals surface area contributed by atoms with Gasteiger partial charge in [0, 0.05) is 81.4 Å². The number of ether oxygens (including phenoxy) is 4. The molecule has 3 atom stereocenters. The summed E-state index contributed by atoms with van der Waals surface area (Å²) in [7, 11) is 0. The summed E-state index contributed by atoms with van der Waals surface area (Å²) in [5.41, 5.74) is 5.84. The van der Waals surface area contributed by atoms with Crippen molar-refractivity contribution in [3.63, 3.8) is 0 Å². The van der Waals surface area contributed by atoms with Crippen LogP contribution in [0.2, 0.25) is 0 Å². The zero-order chi connectivity index (χ0) is 54.7. The van der Waals surface area contributed by atoms with E-state index in [2.05, 4.69) is 32.8 Å². The number of Topliss-reactive ketones (excluding diaryl/α,β-unsaturated/α-hetero) is 4. The average molecular weight is 1050 g/mol. The van der Waals surface area contributed by atoms with Gasteiger partial charge in [0.15, 0.2) is 5.78 Å². The number of hydrogen-bond acceptors (Lipinski definition) is 14. The Hall–Kier alpha value is -4.43. The monoisotopic (exact) mass is 1050 g/mol. The maximum absolute atomic E-state index is 13.2. The Morgan fingerprint density at radius 1 is 0.649 bits per heavy atom. The molecule has 19 heteroatoms. The van der Waals surface area contributed by atoms with Gasteiger partial charge in [0.2, 0.25) is 17.7 Å². The molecule has 424 valence electrons. The fourth-order valence-corrected chi connectivity index (χ4v) is 8.22. The van der Waals surface area contributed by atoms with E-state index < -0.39 is 29.4 Å². The smallest absolute Gasteiger partial charge is 0.326 e. The van der Waals surface area contributed by atoms with Crippen molar-refractivity contribution in [3.05, 3.63) is 18.2 Å². The quantitative estimate of drug-likeness (QED) is 0.0364. The van der Waals surface area contributed by atoms with Crippen LogP contribution in [0.25, 0.3) is 0 Å². The second kappa shape index (κ2) is 43.8. The van der Waals surface area contributed by atoms with Crippen LogP contribution in [0.3, 0.4) is 0 Å². The molecule has 0 radical (unpaired) electrons. The number of carboxylic acids is 1. The maximum Gasteiger partial charge on any atom is 0.326 e. The number of unbranched alkanes of at least 4 members (excludes halogenated alkanes) is 15. The number of carbonyl (C=O) groups is 8. The number of carbonyl (C=O) groups excluding carboxylic acids is 7. The molecule has 0 aliphatic rings. The number of aromatic amines is 1. The minimum atomic E-state index is -1.15. The number of hydrogen-bond donors (Lipinski definition) is 6. The van der Waals surface area contributed by atoms with Crippen molar-refractivity contribution in [1.29, 1.82) is 0 Å². The number of H-pyrrole nitrogens is 1. The normalized spacial score (nSPS) is 12.7.